The molecule has 30 heteroatoms. The Morgan fingerprint density at radius 1 is 0.315 bits per heavy atom. The van der Waals surface area contributed by atoms with E-state index in [9.17, 15) is 38.4 Å². The van der Waals surface area contributed by atoms with Crippen LogP contribution in [0.4, 0.5) is 30.6 Å². The number of aromatic nitrogens is 8. The molecular formula is C100H130N18O12. The van der Waals surface area contributed by atoms with Crippen molar-refractivity contribution in [3.8, 4) is 0 Å². The van der Waals surface area contributed by atoms with Gasteiger partial charge < -0.3 is 89.5 Å². The Bertz CT molecular complexity index is 5140. The monoisotopic (exact) mass is 1780 g/mol. The lowest BCUT2D eigenvalue weighted by Gasteiger charge is -2.34. The number of benzene rings is 6. The summed E-state index contributed by atoms with van der Waals surface area (Å²) < 4.78 is 19.3. The number of methoxy groups -OCH3 is 4. The van der Waals surface area contributed by atoms with Crippen LogP contribution >= 0.6 is 0 Å². The number of hydrogen-bond donors (Lipinski definition) is 8. The largest absolute Gasteiger partial charge is 0.453 e. The summed E-state index contributed by atoms with van der Waals surface area (Å²) in [5.74, 6) is 1.97. The first-order chi connectivity index (χ1) is 62.1. The van der Waals surface area contributed by atoms with Gasteiger partial charge in [-0.05, 0) is 218 Å². The van der Waals surface area contributed by atoms with E-state index in [4.69, 9.17) is 38.9 Å². The van der Waals surface area contributed by atoms with Crippen LogP contribution in [0.2, 0.25) is 0 Å². The molecule has 4 aromatic heterocycles. The van der Waals surface area contributed by atoms with Crippen LogP contribution < -0.4 is 31.1 Å². The minimum atomic E-state index is -0.706. The topological polar surface area (TPSA) is 356 Å². The van der Waals surface area contributed by atoms with E-state index in [0.717, 1.165) is 156 Å². The predicted molar refractivity (Wildman–Crippen MR) is 500 cm³/mol. The molecule has 6 aliphatic heterocycles. The quantitative estimate of drug-likeness (QED) is 0.0292. The first kappa shape index (κ1) is 92.5. The number of likely N-dealkylation sites (tertiary alicyclic amines) is 4. The summed E-state index contributed by atoms with van der Waals surface area (Å²) in [5.41, 5.74) is 16.6. The number of carbonyl (C=O) groups is 8. The van der Waals surface area contributed by atoms with E-state index in [-0.39, 0.29) is 106 Å². The second-order valence-corrected chi connectivity index (χ2v) is 39.4. The van der Waals surface area contributed by atoms with Gasteiger partial charge in [0.25, 0.3) is 0 Å². The molecule has 0 radical (unpaired) electrons. The first-order valence-electron chi connectivity index (χ1n) is 46.5. The third-order valence-electron chi connectivity index (χ3n) is 27.4. The molecule has 6 aliphatic rings. The molecule has 6 aromatic carbocycles. The molecule has 6 saturated heterocycles. The van der Waals surface area contributed by atoms with Gasteiger partial charge in [-0.15, -0.1) is 0 Å². The van der Waals surface area contributed by atoms with Crippen LogP contribution in [0.5, 0.6) is 0 Å². The van der Waals surface area contributed by atoms with Crippen LogP contribution in [0.15, 0.2) is 121 Å². The normalized spacial score (nSPS) is 21.1. The molecule has 0 bridgehead atoms. The highest BCUT2D eigenvalue weighted by atomic mass is 16.6. The van der Waals surface area contributed by atoms with Crippen molar-refractivity contribution in [2.75, 3.05) is 64.4 Å². The number of rotatable bonds is 22. The Hall–Kier alpha value is -12.2. The average Bonchev–Trinajstić information content (AvgIpc) is 1.61. The highest BCUT2D eigenvalue weighted by molar-refractivity contribution is 5.90. The van der Waals surface area contributed by atoms with Crippen LogP contribution in [0.1, 0.15) is 279 Å². The summed E-state index contributed by atoms with van der Waals surface area (Å²) in [7, 11) is 5.21. The number of imidazole rings is 4. The molecule has 0 unspecified atom stereocenters. The van der Waals surface area contributed by atoms with E-state index in [1.807, 2.05) is 75.0 Å². The maximum Gasteiger partial charge on any atom is 0.407 e. The Labute approximate surface area is 761 Å². The number of anilines is 2. The van der Waals surface area contributed by atoms with Crippen molar-refractivity contribution in [3.05, 3.63) is 178 Å². The number of hydrogen-bond acceptors (Lipinski definition) is 18. The van der Waals surface area contributed by atoms with Crippen molar-refractivity contribution in [3.63, 3.8) is 0 Å². The Morgan fingerprint density at radius 2 is 0.531 bits per heavy atom. The molecule has 8 N–H and O–H groups in total. The molecule has 0 saturated carbocycles. The van der Waals surface area contributed by atoms with E-state index in [2.05, 4.69) is 214 Å². The van der Waals surface area contributed by atoms with Crippen molar-refractivity contribution in [2.45, 2.75) is 257 Å². The lowest BCUT2D eigenvalue weighted by atomic mass is 9.87. The van der Waals surface area contributed by atoms with Gasteiger partial charge in [0.15, 0.2) is 0 Å². The van der Waals surface area contributed by atoms with Gasteiger partial charge in [0.05, 0.1) is 121 Å². The number of aromatic amines is 4. The molecule has 130 heavy (non-hydrogen) atoms. The highest BCUT2D eigenvalue weighted by Crippen LogP contribution is 2.51. The summed E-state index contributed by atoms with van der Waals surface area (Å²) in [6, 6.07) is 40.5. The Kier molecular flexibility index (Phi) is 27.3. The van der Waals surface area contributed by atoms with Crippen molar-refractivity contribution < 1.29 is 57.3 Å². The molecule has 12 atom stereocenters. The lowest BCUT2D eigenvalue weighted by Crippen LogP contribution is -2.51. The summed E-state index contributed by atoms with van der Waals surface area (Å²) in [6.45, 7) is 31.1. The molecule has 30 nitrogen and oxygen atoms in total. The summed E-state index contributed by atoms with van der Waals surface area (Å²) >= 11 is 0. The second-order valence-electron chi connectivity index (χ2n) is 39.4. The van der Waals surface area contributed by atoms with Gasteiger partial charge in [-0.1, -0.05) is 145 Å². The van der Waals surface area contributed by atoms with E-state index in [0.29, 0.717) is 26.2 Å². The van der Waals surface area contributed by atoms with Gasteiger partial charge in [0.1, 0.15) is 47.5 Å². The first-order valence-corrected chi connectivity index (χ1v) is 46.5. The number of fused-ring (bicyclic) bond motifs is 4. The zero-order valence-electron chi connectivity index (χ0n) is 78.5. The third kappa shape index (κ3) is 19.2. The predicted octanol–water partition coefficient (Wildman–Crippen LogP) is 17.8. The van der Waals surface area contributed by atoms with Gasteiger partial charge in [-0.25, -0.2) is 39.1 Å². The van der Waals surface area contributed by atoms with Gasteiger partial charge >= 0.3 is 24.4 Å². The lowest BCUT2D eigenvalue weighted by molar-refractivity contribution is -0.136. The molecule has 0 spiro atoms. The van der Waals surface area contributed by atoms with Crippen molar-refractivity contribution in [2.24, 2.45) is 23.7 Å². The molecule has 10 heterocycles. The van der Waals surface area contributed by atoms with Gasteiger partial charge in [0.2, 0.25) is 23.6 Å². The molecule has 16 rings (SSSR count). The maximum atomic E-state index is 13.9. The minimum Gasteiger partial charge on any atom is -0.453 e. The molecular weight excluding hydrogens is 1650 g/mol. The SMILES string of the molecule is COC(=O)N[C@H](C(=O)N1CCC[C@H]1c1nc2ccc([C@@H]3CC[C@@H](c4ccc5nc([C@@H]6CCCN6C(=O)[C@@H](NC(=O)OC)C(C)C)[nH]c5c4)N3c3ccc(C(C)(C)C)cc3)cc2[nH]1)C(C)C.COC(=O)N[C@H](C(=O)N1CCC[C@H]1c1nc2ccc([C@H]3CC[C@H](c4ccc5nc([C@@H]6CCCN6C(=O)[C@@H](NC(=O)OC)C(C)C)[nH]c5c4)N3c3ccc(C(C)(C)C)cc3)cc2[nH]1)C(C)C. The Balaban J connectivity index is 0.000000199. The number of nitrogens with zero attached hydrogens (tertiary/aromatic N) is 10. The van der Waals surface area contributed by atoms with Crippen LogP contribution in [0, 0.1) is 23.7 Å². The Morgan fingerprint density at radius 3 is 0.723 bits per heavy atom. The average molecular weight is 1780 g/mol. The van der Waals surface area contributed by atoms with Crippen molar-refractivity contribution >= 4 is 104 Å². The number of ether oxygens (including phenoxy) is 4. The highest BCUT2D eigenvalue weighted by Gasteiger charge is 2.45. The van der Waals surface area contributed by atoms with Crippen molar-refractivity contribution in [1.29, 1.82) is 0 Å². The third-order valence-corrected chi connectivity index (χ3v) is 27.4. The van der Waals surface area contributed by atoms with E-state index in [1.165, 1.54) is 61.8 Å². The molecule has 0 aliphatic carbocycles. The minimum absolute atomic E-state index is 0.00913. The second kappa shape index (κ2) is 38.4. The summed E-state index contributed by atoms with van der Waals surface area (Å²) in [6.07, 6.45) is 7.67. The summed E-state index contributed by atoms with van der Waals surface area (Å²) in [5, 5.41) is 11.0. The van der Waals surface area contributed by atoms with Crippen LogP contribution in [-0.2, 0) is 49.0 Å². The standard InChI is InChI=1S/2C50H65N9O6/c2*1-28(2)42(55-48(62)64-8)46(60)57-24-10-12-40(57)44-51-34-20-14-30(26-36(34)53-44)38-22-23-39(59(38)33-18-16-32(17-19-33)50(5,6)7)31-15-21-35-37(27-31)54-45(52-35)41-13-11-25-58(41)47(61)43(29(3)4)56-49(63)65-9/h2*14-21,26-29,38-43H,10-13,22-25H2,1-9H3,(H,51,53)(H,52,54)(H,55,62)(H,56,63)/t38-,39-,40+,41+,42+,43+;38-,39-,40-,41-,42-,43-/m10/s1. The van der Waals surface area contributed by atoms with Gasteiger partial charge in [-0.3, -0.25) is 19.2 Å². The fourth-order valence-electron chi connectivity index (χ4n) is 20.3. The van der Waals surface area contributed by atoms with E-state index < -0.39 is 48.5 Å². The number of H-pyrrole nitrogens is 4. The molecule has 10 aromatic rings. The zero-order valence-corrected chi connectivity index (χ0v) is 78.5. The van der Waals surface area contributed by atoms with Crippen molar-refractivity contribution in [1.82, 2.24) is 80.7 Å². The number of carbonyl (C=O) groups excluding carboxylic acids is 8. The smallest absolute Gasteiger partial charge is 0.407 e. The van der Waals surface area contributed by atoms with E-state index >= 15 is 0 Å². The fraction of sp³-hybridized carbons (Fsp3) is 0.520. The fourth-order valence-corrected chi connectivity index (χ4v) is 20.3. The maximum absolute atomic E-state index is 13.9. The molecule has 8 amide bonds. The summed E-state index contributed by atoms with van der Waals surface area (Å²) in [4.78, 5) is 151. The van der Waals surface area contributed by atoms with Crippen LogP contribution in [0.3, 0.4) is 0 Å². The molecule has 692 valence electrons. The zero-order chi connectivity index (χ0) is 92.6. The number of nitrogens with one attached hydrogen (secondary N) is 8. The van der Waals surface area contributed by atoms with Crippen LogP contribution in [-0.4, -0.2) is 186 Å². The number of amides is 8. The van der Waals surface area contributed by atoms with E-state index in [1.54, 1.807) is 0 Å². The van der Waals surface area contributed by atoms with Crippen LogP contribution in [0.25, 0.3) is 44.1 Å². The number of alkyl carbamates (subject to hydrolysis) is 4. The van der Waals surface area contributed by atoms with Gasteiger partial charge in [-0.2, -0.15) is 0 Å². The molecule has 6 fully saturated rings. The van der Waals surface area contributed by atoms with Gasteiger partial charge in [0, 0.05) is 37.6 Å².